The predicted octanol–water partition coefficient (Wildman–Crippen LogP) is 0.998. The van der Waals surface area contributed by atoms with Gasteiger partial charge in [-0.2, -0.15) is 4.98 Å². The second-order valence-corrected chi connectivity index (χ2v) is 4.18. The predicted molar refractivity (Wildman–Crippen MR) is 52.5 cm³/mol. The Bertz CT molecular complexity index is 297. The van der Waals surface area contributed by atoms with Gasteiger partial charge in [-0.05, 0) is 25.8 Å². The van der Waals surface area contributed by atoms with Gasteiger partial charge in [0.2, 0.25) is 11.7 Å². The molecular weight excluding hydrogens is 194 g/mol. The van der Waals surface area contributed by atoms with Crippen LogP contribution in [0.5, 0.6) is 0 Å². The zero-order valence-electron chi connectivity index (χ0n) is 8.61. The van der Waals surface area contributed by atoms with Crippen LogP contribution in [0.1, 0.15) is 43.0 Å². The van der Waals surface area contributed by atoms with E-state index in [0.717, 1.165) is 50.7 Å². The van der Waals surface area contributed by atoms with E-state index in [9.17, 15) is 0 Å². The van der Waals surface area contributed by atoms with Gasteiger partial charge in [0.25, 0.3) is 0 Å². The van der Waals surface area contributed by atoms with Crippen LogP contribution in [-0.4, -0.2) is 29.8 Å². The highest BCUT2D eigenvalue weighted by Crippen LogP contribution is 2.28. The zero-order valence-corrected chi connectivity index (χ0v) is 8.61. The smallest absolute Gasteiger partial charge is 0.231 e. The van der Waals surface area contributed by atoms with Gasteiger partial charge < -0.3 is 14.6 Å². The molecule has 0 spiro atoms. The minimum absolute atomic E-state index is 0.0665. The summed E-state index contributed by atoms with van der Waals surface area (Å²) in [6.07, 6.45) is 3.27. The second-order valence-electron chi connectivity index (χ2n) is 4.18. The Hall–Kier alpha value is -0.940. The van der Waals surface area contributed by atoms with Crippen molar-refractivity contribution in [2.24, 2.45) is 0 Å². The summed E-state index contributed by atoms with van der Waals surface area (Å²) in [5, 5.41) is 7.29. The van der Waals surface area contributed by atoms with Gasteiger partial charge in [0.05, 0.1) is 5.92 Å². The number of nitrogens with one attached hydrogen (secondary N) is 1. The first kappa shape index (κ1) is 9.30. The molecule has 0 radical (unpaired) electrons. The first-order valence-corrected chi connectivity index (χ1v) is 5.59. The number of aromatic nitrogens is 2. The molecular formula is C10H15N3O2. The summed E-state index contributed by atoms with van der Waals surface area (Å²) in [5.74, 6) is 1.90. The molecule has 2 atom stereocenters. The molecule has 0 aliphatic carbocycles. The van der Waals surface area contributed by atoms with E-state index in [0.29, 0.717) is 5.92 Å². The van der Waals surface area contributed by atoms with Gasteiger partial charge >= 0.3 is 0 Å². The number of hydrogen-bond donors (Lipinski definition) is 1. The van der Waals surface area contributed by atoms with Crippen molar-refractivity contribution in [1.29, 1.82) is 0 Å². The fourth-order valence-corrected chi connectivity index (χ4v) is 2.19. The fraction of sp³-hybridized carbons (Fsp3) is 0.800. The summed E-state index contributed by atoms with van der Waals surface area (Å²) >= 11 is 0. The third-order valence-electron chi connectivity index (χ3n) is 3.08. The molecule has 0 bridgehead atoms. The number of hydrogen-bond acceptors (Lipinski definition) is 5. The molecule has 1 aromatic rings. The Morgan fingerprint density at radius 3 is 3.07 bits per heavy atom. The molecule has 1 aromatic heterocycles. The Morgan fingerprint density at radius 2 is 2.33 bits per heavy atom. The van der Waals surface area contributed by atoms with E-state index < -0.39 is 0 Å². The van der Waals surface area contributed by atoms with E-state index in [-0.39, 0.29) is 6.10 Å². The average molecular weight is 209 g/mol. The molecule has 2 unspecified atom stereocenters. The molecule has 0 amide bonds. The van der Waals surface area contributed by atoms with Crippen molar-refractivity contribution in [1.82, 2.24) is 15.5 Å². The van der Waals surface area contributed by atoms with Crippen LogP contribution in [-0.2, 0) is 4.74 Å². The van der Waals surface area contributed by atoms with Gasteiger partial charge in [-0.15, -0.1) is 0 Å². The van der Waals surface area contributed by atoms with Crippen LogP contribution in [0.15, 0.2) is 4.52 Å². The van der Waals surface area contributed by atoms with Crippen molar-refractivity contribution in [2.45, 2.75) is 31.3 Å². The zero-order chi connectivity index (χ0) is 10.1. The lowest BCUT2D eigenvalue weighted by Gasteiger charge is -2.01. The molecule has 5 nitrogen and oxygen atoms in total. The standard InChI is InChI=1S/C10H15N3O2/c1-2-8(14-5-1)9-12-10(15-13-9)7-3-4-11-6-7/h7-8,11H,1-6H2. The lowest BCUT2D eigenvalue weighted by Crippen LogP contribution is -2.08. The van der Waals surface area contributed by atoms with Crippen molar-refractivity contribution in [3.8, 4) is 0 Å². The quantitative estimate of drug-likeness (QED) is 0.787. The van der Waals surface area contributed by atoms with E-state index in [1.807, 2.05) is 0 Å². The van der Waals surface area contributed by atoms with E-state index in [2.05, 4.69) is 15.5 Å². The van der Waals surface area contributed by atoms with Crippen LogP contribution in [0.4, 0.5) is 0 Å². The number of rotatable bonds is 2. The summed E-state index contributed by atoms with van der Waals surface area (Å²) < 4.78 is 10.8. The molecule has 3 rings (SSSR count). The highest BCUT2D eigenvalue weighted by molar-refractivity contribution is 5.00. The summed E-state index contributed by atoms with van der Waals surface area (Å²) in [5.41, 5.74) is 0. The molecule has 0 aromatic carbocycles. The Labute approximate surface area is 88.2 Å². The third-order valence-corrected chi connectivity index (χ3v) is 3.08. The molecule has 0 saturated carbocycles. The summed E-state index contributed by atoms with van der Waals surface area (Å²) in [7, 11) is 0. The van der Waals surface area contributed by atoms with Gasteiger partial charge in [0.1, 0.15) is 6.10 Å². The van der Waals surface area contributed by atoms with Crippen molar-refractivity contribution in [3.63, 3.8) is 0 Å². The van der Waals surface area contributed by atoms with E-state index >= 15 is 0 Å². The molecule has 2 saturated heterocycles. The Morgan fingerprint density at radius 1 is 1.33 bits per heavy atom. The molecule has 2 aliphatic rings. The average Bonchev–Trinajstić information content (AvgIpc) is 3.02. The van der Waals surface area contributed by atoms with Crippen LogP contribution >= 0.6 is 0 Å². The van der Waals surface area contributed by atoms with Crippen molar-refractivity contribution in [3.05, 3.63) is 11.7 Å². The maximum Gasteiger partial charge on any atom is 0.231 e. The molecule has 3 heterocycles. The fourth-order valence-electron chi connectivity index (χ4n) is 2.19. The number of nitrogens with zero attached hydrogens (tertiary/aromatic N) is 2. The topological polar surface area (TPSA) is 60.2 Å². The number of ether oxygens (including phenoxy) is 1. The third kappa shape index (κ3) is 1.77. The molecule has 2 fully saturated rings. The highest BCUT2D eigenvalue weighted by atomic mass is 16.5. The van der Waals surface area contributed by atoms with Crippen LogP contribution < -0.4 is 5.32 Å². The van der Waals surface area contributed by atoms with Crippen LogP contribution in [0.3, 0.4) is 0 Å². The monoisotopic (exact) mass is 209 g/mol. The van der Waals surface area contributed by atoms with Crippen molar-refractivity contribution >= 4 is 0 Å². The maximum atomic E-state index is 5.51. The van der Waals surface area contributed by atoms with Gasteiger partial charge in [0, 0.05) is 13.2 Å². The lowest BCUT2D eigenvalue weighted by molar-refractivity contribution is 0.103. The second kappa shape index (κ2) is 3.90. The van der Waals surface area contributed by atoms with Gasteiger partial charge in [-0.3, -0.25) is 0 Å². The van der Waals surface area contributed by atoms with Crippen LogP contribution in [0, 0.1) is 0 Å². The van der Waals surface area contributed by atoms with E-state index in [1.165, 1.54) is 0 Å². The van der Waals surface area contributed by atoms with Gasteiger partial charge in [-0.25, -0.2) is 0 Å². The SMILES string of the molecule is C1COC(c2noc(C3CCNC3)n2)C1. The molecule has 5 heteroatoms. The van der Waals surface area contributed by atoms with Gasteiger partial charge in [-0.1, -0.05) is 5.16 Å². The summed E-state index contributed by atoms with van der Waals surface area (Å²) in [6, 6.07) is 0. The Balaban J connectivity index is 1.74. The normalized spacial score (nSPS) is 31.2. The largest absolute Gasteiger partial charge is 0.370 e. The first-order chi connectivity index (χ1) is 7.43. The summed E-state index contributed by atoms with van der Waals surface area (Å²) in [4.78, 5) is 4.43. The minimum atomic E-state index is 0.0665. The molecule has 82 valence electrons. The van der Waals surface area contributed by atoms with Crippen molar-refractivity contribution in [2.75, 3.05) is 19.7 Å². The molecule has 15 heavy (non-hydrogen) atoms. The minimum Gasteiger partial charge on any atom is -0.370 e. The van der Waals surface area contributed by atoms with Gasteiger partial charge in [0.15, 0.2) is 0 Å². The first-order valence-electron chi connectivity index (χ1n) is 5.59. The maximum absolute atomic E-state index is 5.51. The van der Waals surface area contributed by atoms with E-state index in [4.69, 9.17) is 9.26 Å². The van der Waals surface area contributed by atoms with Crippen LogP contribution in [0.25, 0.3) is 0 Å². The molecule has 2 aliphatic heterocycles. The molecule has 1 N–H and O–H groups in total. The highest BCUT2D eigenvalue weighted by Gasteiger charge is 2.27. The van der Waals surface area contributed by atoms with Crippen molar-refractivity contribution < 1.29 is 9.26 Å². The van der Waals surface area contributed by atoms with Crippen LogP contribution in [0.2, 0.25) is 0 Å². The van der Waals surface area contributed by atoms with E-state index in [1.54, 1.807) is 0 Å². The lowest BCUT2D eigenvalue weighted by atomic mass is 10.1. The Kier molecular flexibility index (Phi) is 2.42. The summed E-state index contributed by atoms with van der Waals surface area (Å²) in [6.45, 7) is 2.81.